The lowest BCUT2D eigenvalue weighted by Crippen LogP contribution is -2.39. The van der Waals surface area contributed by atoms with E-state index in [0.29, 0.717) is 9.70 Å². The van der Waals surface area contributed by atoms with Crippen LogP contribution in [0, 0.1) is 5.41 Å². The molecular formula is C16H15ClF3N3O3. The highest BCUT2D eigenvalue weighted by molar-refractivity contribution is 6.30. The van der Waals surface area contributed by atoms with Crippen molar-refractivity contribution in [1.29, 1.82) is 0 Å². The largest absolute Gasteiger partial charge is 0.481 e. The van der Waals surface area contributed by atoms with Gasteiger partial charge in [0.2, 0.25) is 0 Å². The number of hydrogen-bond donors (Lipinski definition) is 2. The third kappa shape index (κ3) is 4.16. The molecule has 0 radical (unpaired) electrons. The number of rotatable bonds is 5. The van der Waals surface area contributed by atoms with Gasteiger partial charge in [0.05, 0.1) is 22.9 Å². The maximum atomic E-state index is 13.5. The summed E-state index contributed by atoms with van der Waals surface area (Å²) in [5, 5.41) is 15.2. The molecule has 26 heavy (non-hydrogen) atoms. The van der Waals surface area contributed by atoms with Gasteiger partial charge >= 0.3 is 12.1 Å². The summed E-state index contributed by atoms with van der Waals surface area (Å²) in [6.45, 7) is 2.35. The molecular weight excluding hydrogens is 375 g/mol. The van der Waals surface area contributed by atoms with E-state index in [-0.39, 0.29) is 12.2 Å². The monoisotopic (exact) mass is 389 g/mol. The van der Waals surface area contributed by atoms with E-state index in [1.807, 2.05) is 0 Å². The van der Waals surface area contributed by atoms with E-state index in [9.17, 15) is 22.8 Å². The Morgan fingerprint density at radius 1 is 1.23 bits per heavy atom. The van der Waals surface area contributed by atoms with E-state index in [2.05, 4.69) is 10.4 Å². The summed E-state index contributed by atoms with van der Waals surface area (Å²) in [5.74, 6) is -2.25. The molecule has 1 aromatic carbocycles. The molecule has 140 valence electrons. The van der Waals surface area contributed by atoms with E-state index in [0.717, 1.165) is 6.20 Å². The molecule has 2 aromatic rings. The summed E-state index contributed by atoms with van der Waals surface area (Å²) in [7, 11) is 0. The van der Waals surface area contributed by atoms with Crippen molar-refractivity contribution in [2.24, 2.45) is 5.41 Å². The zero-order chi connectivity index (χ0) is 19.7. The van der Waals surface area contributed by atoms with Crippen molar-refractivity contribution in [3.63, 3.8) is 0 Å². The van der Waals surface area contributed by atoms with E-state index in [1.165, 1.54) is 38.1 Å². The van der Waals surface area contributed by atoms with Gasteiger partial charge in [-0.1, -0.05) is 11.6 Å². The third-order valence-electron chi connectivity index (χ3n) is 3.62. The first-order valence-electron chi connectivity index (χ1n) is 7.36. The lowest BCUT2D eigenvalue weighted by molar-refractivity contribution is -0.146. The van der Waals surface area contributed by atoms with Crippen molar-refractivity contribution >= 4 is 23.5 Å². The number of aromatic nitrogens is 2. The molecule has 6 nitrogen and oxygen atoms in total. The Bertz CT molecular complexity index is 830. The zero-order valence-electron chi connectivity index (χ0n) is 13.8. The van der Waals surface area contributed by atoms with Gasteiger partial charge < -0.3 is 10.4 Å². The predicted molar refractivity (Wildman–Crippen MR) is 87.3 cm³/mol. The quantitative estimate of drug-likeness (QED) is 0.821. The van der Waals surface area contributed by atoms with E-state index < -0.39 is 34.7 Å². The Balaban J connectivity index is 2.39. The van der Waals surface area contributed by atoms with Crippen LogP contribution in [0.2, 0.25) is 5.02 Å². The Kier molecular flexibility index (Phi) is 5.31. The molecule has 10 heteroatoms. The third-order valence-corrected chi connectivity index (χ3v) is 3.88. The van der Waals surface area contributed by atoms with E-state index in [4.69, 9.17) is 16.7 Å². The molecule has 0 spiro atoms. The summed E-state index contributed by atoms with van der Waals surface area (Å²) in [5.41, 5.74) is -3.22. The van der Waals surface area contributed by atoms with Gasteiger partial charge in [0, 0.05) is 11.6 Å². The number of carbonyl (C=O) groups is 2. The van der Waals surface area contributed by atoms with E-state index in [1.54, 1.807) is 0 Å². The number of nitrogens with zero attached hydrogens (tertiary/aromatic N) is 2. The molecule has 0 unspecified atom stereocenters. The molecule has 0 fully saturated rings. The van der Waals surface area contributed by atoms with Crippen LogP contribution in [0.5, 0.6) is 0 Å². The van der Waals surface area contributed by atoms with Crippen molar-refractivity contribution in [2.45, 2.75) is 20.0 Å². The van der Waals surface area contributed by atoms with Crippen molar-refractivity contribution in [2.75, 3.05) is 6.54 Å². The van der Waals surface area contributed by atoms with Crippen molar-refractivity contribution in [1.82, 2.24) is 15.1 Å². The number of amides is 1. The highest BCUT2D eigenvalue weighted by Crippen LogP contribution is 2.34. The van der Waals surface area contributed by atoms with Crippen molar-refractivity contribution in [3.8, 4) is 5.69 Å². The van der Waals surface area contributed by atoms with Crippen LogP contribution in [0.3, 0.4) is 0 Å². The Morgan fingerprint density at radius 3 is 2.31 bits per heavy atom. The normalized spacial score (nSPS) is 12.1. The van der Waals surface area contributed by atoms with Gasteiger partial charge in [-0.15, -0.1) is 0 Å². The number of benzene rings is 1. The lowest BCUT2D eigenvalue weighted by Gasteiger charge is -2.19. The lowest BCUT2D eigenvalue weighted by atomic mass is 9.94. The average molecular weight is 390 g/mol. The summed E-state index contributed by atoms with van der Waals surface area (Å²) in [6, 6.07) is 5.46. The number of carboxylic acid groups (broad SMARTS) is 1. The summed E-state index contributed by atoms with van der Waals surface area (Å²) < 4.78 is 41.1. The molecule has 1 aromatic heterocycles. The fraction of sp³-hybridized carbons (Fsp3) is 0.312. The number of nitrogens with one attached hydrogen (secondary N) is 1. The van der Waals surface area contributed by atoms with Crippen LogP contribution in [0.4, 0.5) is 13.2 Å². The molecule has 0 saturated heterocycles. The topological polar surface area (TPSA) is 84.2 Å². The van der Waals surface area contributed by atoms with Gasteiger partial charge in [0.1, 0.15) is 0 Å². The first-order valence-corrected chi connectivity index (χ1v) is 7.74. The summed E-state index contributed by atoms with van der Waals surface area (Å²) in [6.07, 6.45) is -4.06. The first kappa shape index (κ1) is 19.8. The van der Waals surface area contributed by atoms with Gasteiger partial charge in [-0.25, -0.2) is 4.68 Å². The van der Waals surface area contributed by atoms with Gasteiger partial charge in [-0.05, 0) is 38.1 Å². The van der Waals surface area contributed by atoms with Crippen LogP contribution >= 0.6 is 11.6 Å². The molecule has 0 saturated carbocycles. The average Bonchev–Trinajstić information content (AvgIpc) is 2.98. The fourth-order valence-corrected chi connectivity index (χ4v) is 2.16. The fourth-order valence-electron chi connectivity index (χ4n) is 2.04. The molecule has 0 bridgehead atoms. The Labute approximate surface area is 151 Å². The molecule has 0 aliphatic rings. The van der Waals surface area contributed by atoms with Crippen LogP contribution in [-0.4, -0.2) is 33.3 Å². The standard InChI is InChI=1S/C16H15ClF3N3O3/c1-15(2,14(25)26)8-21-13(24)11-7-22-23(12(11)16(18,19)20)10-5-3-9(17)4-6-10/h3-7H,8H2,1-2H3,(H,21,24)(H,25,26). The molecule has 0 atom stereocenters. The number of carboxylic acids is 1. The minimum atomic E-state index is -4.86. The van der Waals surface area contributed by atoms with Crippen LogP contribution in [0.15, 0.2) is 30.5 Å². The number of alkyl halides is 3. The minimum absolute atomic E-state index is 0.0756. The highest BCUT2D eigenvalue weighted by atomic mass is 35.5. The second kappa shape index (κ2) is 6.99. The second-order valence-corrected chi connectivity index (χ2v) is 6.60. The Hall–Kier alpha value is -2.55. The second-order valence-electron chi connectivity index (χ2n) is 6.16. The van der Waals surface area contributed by atoms with Crippen LogP contribution in [0.25, 0.3) is 5.69 Å². The Morgan fingerprint density at radius 2 is 1.81 bits per heavy atom. The summed E-state index contributed by atoms with van der Waals surface area (Å²) >= 11 is 5.73. The smallest absolute Gasteiger partial charge is 0.434 e. The van der Waals surface area contributed by atoms with Crippen LogP contribution in [0.1, 0.15) is 29.9 Å². The summed E-state index contributed by atoms with van der Waals surface area (Å²) in [4.78, 5) is 23.3. The number of halogens is 4. The maximum absolute atomic E-state index is 13.5. The molecule has 2 N–H and O–H groups in total. The van der Waals surface area contributed by atoms with E-state index >= 15 is 0 Å². The first-order chi connectivity index (χ1) is 11.9. The highest BCUT2D eigenvalue weighted by Gasteiger charge is 2.41. The molecule has 0 aliphatic carbocycles. The van der Waals surface area contributed by atoms with Gasteiger partial charge in [0.25, 0.3) is 5.91 Å². The number of hydrogen-bond acceptors (Lipinski definition) is 3. The van der Waals surface area contributed by atoms with Gasteiger partial charge in [-0.3, -0.25) is 9.59 Å². The minimum Gasteiger partial charge on any atom is -0.481 e. The van der Waals surface area contributed by atoms with Gasteiger partial charge in [-0.2, -0.15) is 18.3 Å². The molecule has 1 heterocycles. The number of carbonyl (C=O) groups excluding carboxylic acids is 1. The molecule has 1 amide bonds. The van der Waals surface area contributed by atoms with Gasteiger partial charge in [0.15, 0.2) is 5.69 Å². The van der Waals surface area contributed by atoms with Crippen LogP contribution < -0.4 is 5.32 Å². The SMILES string of the molecule is CC(C)(CNC(=O)c1cnn(-c2ccc(Cl)cc2)c1C(F)(F)F)C(=O)O. The van der Waals surface area contributed by atoms with Crippen molar-refractivity contribution < 1.29 is 27.9 Å². The molecule has 0 aliphatic heterocycles. The maximum Gasteiger partial charge on any atom is 0.434 e. The number of aliphatic carboxylic acids is 1. The zero-order valence-corrected chi connectivity index (χ0v) is 14.5. The predicted octanol–water partition coefficient (Wildman–Crippen LogP) is 3.39. The van der Waals surface area contributed by atoms with Crippen molar-refractivity contribution in [3.05, 3.63) is 46.7 Å². The molecule has 2 rings (SSSR count). The van der Waals surface area contributed by atoms with Crippen LogP contribution in [-0.2, 0) is 11.0 Å².